The van der Waals surface area contributed by atoms with E-state index in [0.717, 1.165) is 24.1 Å². The summed E-state index contributed by atoms with van der Waals surface area (Å²) < 4.78 is 38.0. The molecule has 0 aromatic heterocycles. The first-order valence-electron chi connectivity index (χ1n) is 10.3. The van der Waals surface area contributed by atoms with Crippen molar-refractivity contribution >= 4 is 35.8 Å². The first kappa shape index (κ1) is 26.0. The van der Waals surface area contributed by atoms with Crippen molar-refractivity contribution in [3.05, 3.63) is 71.3 Å². The minimum atomic E-state index is -4.34. The van der Waals surface area contributed by atoms with Gasteiger partial charge in [-0.25, -0.2) is 0 Å². The van der Waals surface area contributed by atoms with Crippen molar-refractivity contribution in [1.29, 1.82) is 0 Å². The number of aliphatic imine (C=N–C) groups is 1. The van der Waals surface area contributed by atoms with Crippen molar-refractivity contribution in [1.82, 2.24) is 15.5 Å². The molecule has 0 spiro atoms. The molecule has 0 saturated carbocycles. The Labute approximate surface area is 203 Å². The van der Waals surface area contributed by atoms with E-state index in [1.807, 2.05) is 23.1 Å². The Bertz CT molecular complexity index is 888. The molecule has 0 radical (unpaired) electrons. The number of benzene rings is 2. The van der Waals surface area contributed by atoms with Gasteiger partial charge in [0, 0.05) is 45.6 Å². The van der Waals surface area contributed by atoms with Crippen LogP contribution in [0.1, 0.15) is 23.1 Å². The Kier molecular flexibility index (Phi) is 9.80. The van der Waals surface area contributed by atoms with Gasteiger partial charge in [-0.15, -0.1) is 24.0 Å². The number of guanidine groups is 1. The number of likely N-dealkylation sites (tertiary alicyclic amines) is 1. The van der Waals surface area contributed by atoms with E-state index in [-0.39, 0.29) is 35.8 Å². The molecular weight excluding hydrogens is 532 g/mol. The summed E-state index contributed by atoms with van der Waals surface area (Å²) >= 11 is 0. The Morgan fingerprint density at radius 2 is 1.75 bits per heavy atom. The monoisotopic (exact) mass is 560 g/mol. The van der Waals surface area contributed by atoms with E-state index in [2.05, 4.69) is 27.8 Å². The first-order chi connectivity index (χ1) is 14.8. The molecule has 2 N–H and O–H groups in total. The number of amides is 1. The maximum Gasteiger partial charge on any atom is 0.416 e. The lowest BCUT2D eigenvalue weighted by Gasteiger charge is -2.18. The molecule has 3 rings (SSSR count). The van der Waals surface area contributed by atoms with Crippen LogP contribution in [0.5, 0.6) is 0 Å². The van der Waals surface area contributed by atoms with Gasteiger partial charge in [0.05, 0.1) is 5.56 Å². The summed E-state index contributed by atoms with van der Waals surface area (Å²) in [6, 6.07) is 15.1. The van der Waals surface area contributed by atoms with Gasteiger partial charge in [0.25, 0.3) is 0 Å². The number of carbonyl (C=O) groups excluding carboxylic acids is 1. The van der Waals surface area contributed by atoms with Crippen LogP contribution in [0.2, 0.25) is 0 Å². The molecule has 1 fully saturated rings. The third kappa shape index (κ3) is 7.68. The molecule has 5 nitrogen and oxygen atoms in total. The quantitative estimate of drug-likeness (QED) is 0.305. The van der Waals surface area contributed by atoms with E-state index >= 15 is 0 Å². The number of nitrogens with one attached hydrogen (secondary N) is 2. The zero-order valence-electron chi connectivity index (χ0n) is 17.9. The molecule has 1 unspecified atom stereocenters. The van der Waals surface area contributed by atoms with Crippen LogP contribution in [-0.4, -0.2) is 43.4 Å². The summed E-state index contributed by atoms with van der Waals surface area (Å²) in [5.41, 5.74) is 1.27. The van der Waals surface area contributed by atoms with Gasteiger partial charge in [0.2, 0.25) is 5.91 Å². The standard InChI is InChI=1S/C23H27F3N4O.HI/c1-27-22(28-14-18-7-9-20(10-8-18)23(24,25)26)29-15-19-13-21(31)30(16-19)12-11-17-5-3-2-4-6-17;/h2-10,19H,11-16H2,1H3,(H2,27,28,29);1H. The van der Waals surface area contributed by atoms with E-state index in [9.17, 15) is 18.0 Å². The van der Waals surface area contributed by atoms with Crippen LogP contribution in [0.15, 0.2) is 59.6 Å². The summed E-state index contributed by atoms with van der Waals surface area (Å²) in [6.07, 6.45) is -3.00. The smallest absolute Gasteiger partial charge is 0.356 e. The Morgan fingerprint density at radius 1 is 1.06 bits per heavy atom. The highest BCUT2D eigenvalue weighted by Gasteiger charge is 2.30. The molecule has 0 aliphatic carbocycles. The zero-order valence-corrected chi connectivity index (χ0v) is 20.2. The van der Waals surface area contributed by atoms with E-state index < -0.39 is 11.7 Å². The Morgan fingerprint density at radius 3 is 2.38 bits per heavy atom. The number of nitrogens with zero attached hydrogens (tertiary/aromatic N) is 2. The molecule has 9 heteroatoms. The van der Waals surface area contributed by atoms with Crippen LogP contribution < -0.4 is 10.6 Å². The molecule has 2 aromatic rings. The average molecular weight is 560 g/mol. The fraction of sp³-hybridized carbons (Fsp3) is 0.391. The van der Waals surface area contributed by atoms with Gasteiger partial charge in [-0.2, -0.15) is 13.2 Å². The summed E-state index contributed by atoms with van der Waals surface area (Å²) in [5, 5.41) is 6.31. The second-order valence-corrected chi connectivity index (χ2v) is 7.65. The van der Waals surface area contributed by atoms with Crippen LogP contribution in [0.4, 0.5) is 13.2 Å². The van der Waals surface area contributed by atoms with Gasteiger partial charge in [0.15, 0.2) is 5.96 Å². The predicted molar refractivity (Wildman–Crippen MR) is 130 cm³/mol. The average Bonchev–Trinajstić information content (AvgIpc) is 3.12. The Balaban J connectivity index is 0.00000363. The number of hydrogen-bond acceptors (Lipinski definition) is 2. The van der Waals surface area contributed by atoms with Gasteiger partial charge in [0.1, 0.15) is 0 Å². The topological polar surface area (TPSA) is 56.7 Å². The molecular formula is C23H28F3IN4O. The van der Waals surface area contributed by atoms with Crippen LogP contribution in [0.25, 0.3) is 0 Å². The third-order valence-corrected chi connectivity index (χ3v) is 5.33. The molecule has 1 amide bonds. The number of hydrogen-bond donors (Lipinski definition) is 2. The molecule has 0 bridgehead atoms. The van der Waals surface area contributed by atoms with E-state index in [4.69, 9.17) is 0 Å². The lowest BCUT2D eigenvalue weighted by Crippen LogP contribution is -2.40. The van der Waals surface area contributed by atoms with Crippen molar-refractivity contribution in [2.75, 3.05) is 26.7 Å². The van der Waals surface area contributed by atoms with Crippen LogP contribution >= 0.6 is 24.0 Å². The zero-order chi connectivity index (χ0) is 22.3. The number of alkyl halides is 3. The fourth-order valence-corrected chi connectivity index (χ4v) is 3.57. The summed E-state index contributed by atoms with van der Waals surface area (Å²) in [5.74, 6) is 0.901. The lowest BCUT2D eigenvalue weighted by atomic mass is 10.1. The van der Waals surface area contributed by atoms with E-state index in [1.165, 1.54) is 17.7 Å². The Hall–Kier alpha value is -2.30. The highest BCUT2D eigenvalue weighted by Crippen LogP contribution is 2.29. The maximum absolute atomic E-state index is 12.7. The molecule has 1 heterocycles. The molecule has 1 aliphatic rings. The van der Waals surface area contributed by atoms with Crippen LogP contribution in [0, 0.1) is 5.92 Å². The molecule has 2 aromatic carbocycles. The highest BCUT2D eigenvalue weighted by molar-refractivity contribution is 14.0. The lowest BCUT2D eigenvalue weighted by molar-refractivity contribution is -0.137. The normalized spacial score (nSPS) is 16.6. The highest BCUT2D eigenvalue weighted by atomic mass is 127. The number of carbonyl (C=O) groups is 1. The van der Waals surface area contributed by atoms with Gasteiger partial charge in [-0.3, -0.25) is 9.79 Å². The van der Waals surface area contributed by atoms with Crippen molar-refractivity contribution in [2.24, 2.45) is 10.9 Å². The van der Waals surface area contributed by atoms with Gasteiger partial charge in [-0.1, -0.05) is 42.5 Å². The molecule has 32 heavy (non-hydrogen) atoms. The van der Waals surface area contributed by atoms with Gasteiger partial charge < -0.3 is 15.5 Å². The minimum absolute atomic E-state index is 0. The maximum atomic E-state index is 12.7. The van der Waals surface area contributed by atoms with Gasteiger partial charge >= 0.3 is 6.18 Å². The molecule has 1 saturated heterocycles. The van der Waals surface area contributed by atoms with Crippen LogP contribution in [-0.2, 0) is 23.9 Å². The predicted octanol–water partition coefficient (Wildman–Crippen LogP) is 4.08. The SMILES string of the molecule is CN=C(NCc1ccc(C(F)(F)F)cc1)NCC1CC(=O)N(CCc2ccccc2)C1.I. The third-order valence-electron chi connectivity index (χ3n) is 5.33. The first-order valence-corrected chi connectivity index (χ1v) is 10.3. The molecule has 174 valence electrons. The molecule has 1 atom stereocenters. The summed E-state index contributed by atoms with van der Waals surface area (Å²) in [4.78, 5) is 18.4. The second-order valence-electron chi connectivity index (χ2n) is 7.65. The fourth-order valence-electron chi connectivity index (χ4n) is 3.57. The van der Waals surface area contributed by atoms with Crippen molar-refractivity contribution < 1.29 is 18.0 Å². The summed E-state index contributed by atoms with van der Waals surface area (Å²) in [6.45, 7) is 2.36. The van der Waals surface area contributed by atoms with Crippen LogP contribution in [0.3, 0.4) is 0 Å². The van der Waals surface area contributed by atoms with Crippen molar-refractivity contribution in [2.45, 2.75) is 25.6 Å². The van der Waals surface area contributed by atoms with Crippen molar-refractivity contribution in [3.63, 3.8) is 0 Å². The van der Waals surface area contributed by atoms with Crippen molar-refractivity contribution in [3.8, 4) is 0 Å². The van der Waals surface area contributed by atoms with E-state index in [1.54, 1.807) is 7.05 Å². The van der Waals surface area contributed by atoms with Gasteiger partial charge in [-0.05, 0) is 29.7 Å². The minimum Gasteiger partial charge on any atom is -0.356 e. The number of halogens is 4. The largest absolute Gasteiger partial charge is 0.416 e. The number of rotatable bonds is 7. The van der Waals surface area contributed by atoms with E-state index in [0.29, 0.717) is 38.6 Å². The summed E-state index contributed by atoms with van der Waals surface area (Å²) in [7, 11) is 1.63. The second kappa shape index (κ2) is 12.1. The molecule has 1 aliphatic heterocycles.